The second-order valence-corrected chi connectivity index (χ2v) is 9.81. The highest BCUT2D eigenvalue weighted by Gasteiger charge is 2.38. The first-order valence-corrected chi connectivity index (χ1v) is 12.3. The zero-order valence-electron chi connectivity index (χ0n) is 18.7. The lowest BCUT2D eigenvalue weighted by Gasteiger charge is -2.33. The summed E-state index contributed by atoms with van der Waals surface area (Å²) in [6.45, 7) is 3.07. The largest absolute Gasteiger partial charge is 0.454 e. The lowest BCUT2D eigenvalue weighted by molar-refractivity contribution is -0.152. The van der Waals surface area contributed by atoms with Gasteiger partial charge < -0.3 is 10.1 Å². The molecule has 2 aromatic rings. The summed E-state index contributed by atoms with van der Waals surface area (Å²) in [5.74, 6) is -1.42. The second kappa shape index (κ2) is 10.7. The third-order valence-corrected chi connectivity index (χ3v) is 7.48. The van der Waals surface area contributed by atoms with E-state index >= 15 is 0 Å². The van der Waals surface area contributed by atoms with Gasteiger partial charge in [0.25, 0.3) is 5.91 Å². The van der Waals surface area contributed by atoms with Gasteiger partial charge in [0, 0.05) is 17.8 Å². The highest BCUT2D eigenvalue weighted by molar-refractivity contribution is 7.89. The Bertz CT molecular complexity index is 1130. The van der Waals surface area contributed by atoms with Crippen LogP contribution in [0.4, 0.5) is 5.69 Å². The molecule has 0 aromatic heterocycles. The van der Waals surface area contributed by atoms with Crippen molar-refractivity contribution in [2.24, 2.45) is 0 Å². The van der Waals surface area contributed by atoms with Crippen LogP contribution in [0.2, 0.25) is 0 Å². The van der Waals surface area contributed by atoms with Crippen molar-refractivity contribution in [2.45, 2.75) is 50.5 Å². The van der Waals surface area contributed by atoms with Crippen molar-refractivity contribution < 1.29 is 27.5 Å². The highest BCUT2D eigenvalue weighted by Crippen LogP contribution is 2.26. The Morgan fingerprint density at radius 2 is 1.82 bits per heavy atom. The maximum atomic E-state index is 13.2. The smallest absolute Gasteiger partial charge is 0.324 e. The minimum absolute atomic E-state index is 0.000694. The number of ether oxygens (including phenoxy) is 1. The van der Waals surface area contributed by atoms with Gasteiger partial charge in [-0.25, -0.2) is 8.42 Å². The quantitative estimate of drug-likeness (QED) is 0.467. The van der Waals surface area contributed by atoms with Crippen LogP contribution in [0.15, 0.2) is 53.4 Å². The van der Waals surface area contributed by atoms with Gasteiger partial charge in [-0.3, -0.25) is 14.4 Å². The first kappa shape index (κ1) is 24.6. The van der Waals surface area contributed by atoms with Crippen LogP contribution in [0, 0.1) is 0 Å². The van der Waals surface area contributed by atoms with Crippen LogP contribution < -0.4 is 5.32 Å². The predicted octanol–water partition coefficient (Wildman–Crippen LogP) is 3.18. The number of piperidine rings is 1. The monoisotopic (exact) mass is 472 g/mol. The molecule has 1 saturated heterocycles. The molecule has 8 nitrogen and oxygen atoms in total. The van der Waals surface area contributed by atoms with Crippen molar-refractivity contribution >= 4 is 33.4 Å². The highest BCUT2D eigenvalue weighted by atomic mass is 32.2. The van der Waals surface area contributed by atoms with Gasteiger partial charge in [0.1, 0.15) is 6.04 Å². The molecule has 1 unspecified atom stereocenters. The molecular weight excluding hydrogens is 444 g/mol. The van der Waals surface area contributed by atoms with Gasteiger partial charge >= 0.3 is 5.97 Å². The molecule has 1 heterocycles. The van der Waals surface area contributed by atoms with Crippen molar-refractivity contribution in [1.82, 2.24) is 4.31 Å². The summed E-state index contributed by atoms with van der Waals surface area (Å²) in [7, 11) is -3.97. The average molecular weight is 473 g/mol. The number of hydrogen-bond acceptors (Lipinski definition) is 6. The van der Waals surface area contributed by atoms with Gasteiger partial charge in [-0.05, 0) is 62.4 Å². The van der Waals surface area contributed by atoms with E-state index in [-0.39, 0.29) is 17.2 Å². The van der Waals surface area contributed by atoms with E-state index in [0.29, 0.717) is 30.5 Å². The summed E-state index contributed by atoms with van der Waals surface area (Å²) >= 11 is 0. The number of amides is 1. The summed E-state index contributed by atoms with van der Waals surface area (Å²) in [4.78, 5) is 36.4. The molecule has 1 aliphatic rings. The van der Waals surface area contributed by atoms with E-state index in [4.69, 9.17) is 4.74 Å². The van der Waals surface area contributed by atoms with Crippen molar-refractivity contribution in [3.8, 4) is 0 Å². The summed E-state index contributed by atoms with van der Waals surface area (Å²) in [5, 5.41) is 2.68. The van der Waals surface area contributed by atoms with Gasteiger partial charge in [-0.1, -0.05) is 31.2 Å². The number of nitrogens with zero attached hydrogens (tertiary/aromatic N) is 1. The number of carbonyl (C=O) groups is 3. The van der Waals surface area contributed by atoms with Crippen molar-refractivity contribution in [3.05, 3.63) is 59.7 Å². The van der Waals surface area contributed by atoms with Gasteiger partial charge in [-0.15, -0.1) is 0 Å². The molecule has 3 rings (SSSR count). The lowest BCUT2D eigenvalue weighted by Crippen LogP contribution is -2.48. The minimum Gasteiger partial charge on any atom is -0.454 e. The molecule has 2 aromatic carbocycles. The third kappa shape index (κ3) is 6.06. The van der Waals surface area contributed by atoms with Gasteiger partial charge in [0.2, 0.25) is 10.0 Å². The molecule has 9 heteroatoms. The maximum absolute atomic E-state index is 13.2. The molecule has 1 N–H and O–H groups in total. The topological polar surface area (TPSA) is 110 Å². The number of benzene rings is 2. The van der Waals surface area contributed by atoms with Crippen molar-refractivity contribution in [3.63, 3.8) is 0 Å². The fourth-order valence-corrected chi connectivity index (χ4v) is 5.37. The molecule has 0 bridgehead atoms. The maximum Gasteiger partial charge on any atom is 0.324 e. The van der Waals surface area contributed by atoms with Crippen LogP contribution in [0.3, 0.4) is 0 Å². The SMILES string of the molecule is CCc1cccc(NC(=O)COC(=O)C2CCCCN2S(=O)(=O)c2ccc(C(C)=O)cc2)c1. The summed E-state index contributed by atoms with van der Waals surface area (Å²) < 4.78 is 32.7. The summed E-state index contributed by atoms with van der Waals surface area (Å²) in [6.07, 6.45) is 2.42. The van der Waals surface area contributed by atoms with Crippen LogP contribution in [0.25, 0.3) is 0 Å². The molecule has 1 atom stereocenters. The van der Waals surface area contributed by atoms with Crippen LogP contribution in [-0.2, 0) is 30.8 Å². The van der Waals surface area contributed by atoms with E-state index in [0.717, 1.165) is 16.3 Å². The lowest BCUT2D eigenvalue weighted by atomic mass is 10.1. The van der Waals surface area contributed by atoms with E-state index in [1.807, 2.05) is 25.1 Å². The Morgan fingerprint density at radius 1 is 1.09 bits per heavy atom. The molecule has 1 amide bonds. The predicted molar refractivity (Wildman–Crippen MR) is 123 cm³/mol. The van der Waals surface area contributed by atoms with E-state index in [1.54, 1.807) is 6.07 Å². The number of Topliss-reactive ketones (excluding diaryl/α,β-unsaturated/α-hetero) is 1. The zero-order valence-corrected chi connectivity index (χ0v) is 19.6. The molecule has 0 aliphatic carbocycles. The number of hydrogen-bond donors (Lipinski definition) is 1. The normalized spacial score (nSPS) is 16.7. The Balaban J connectivity index is 1.66. The van der Waals surface area contributed by atoms with Gasteiger partial charge in [0.15, 0.2) is 12.4 Å². The van der Waals surface area contributed by atoms with Crippen LogP contribution >= 0.6 is 0 Å². The number of nitrogens with one attached hydrogen (secondary N) is 1. The Labute approximate surface area is 194 Å². The molecule has 0 spiro atoms. The van der Waals surface area contributed by atoms with E-state index in [2.05, 4.69) is 5.32 Å². The number of esters is 1. The summed E-state index contributed by atoms with van der Waals surface area (Å²) in [5.41, 5.74) is 2.06. The first-order valence-electron chi connectivity index (χ1n) is 10.9. The van der Waals surface area contributed by atoms with Crippen LogP contribution in [0.5, 0.6) is 0 Å². The molecule has 1 fully saturated rings. The fraction of sp³-hybridized carbons (Fsp3) is 0.375. The molecule has 0 radical (unpaired) electrons. The number of aryl methyl sites for hydroxylation is 1. The van der Waals surface area contributed by atoms with Crippen LogP contribution in [0.1, 0.15) is 49.0 Å². The van der Waals surface area contributed by atoms with Crippen molar-refractivity contribution in [1.29, 1.82) is 0 Å². The molecule has 176 valence electrons. The molecule has 0 saturated carbocycles. The van der Waals surface area contributed by atoms with Crippen LogP contribution in [-0.4, -0.2) is 49.6 Å². The fourth-order valence-electron chi connectivity index (χ4n) is 3.72. The number of ketones is 1. The molecular formula is C24H28N2O6S. The minimum atomic E-state index is -3.97. The second-order valence-electron chi connectivity index (χ2n) is 7.92. The molecule has 33 heavy (non-hydrogen) atoms. The van der Waals surface area contributed by atoms with Crippen molar-refractivity contribution in [2.75, 3.05) is 18.5 Å². The zero-order chi connectivity index (χ0) is 24.0. The first-order chi connectivity index (χ1) is 15.7. The van der Waals surface area contributed by atoms with E-state index in [1.165, 1.54) is 31.2 Å². The Hall–Kier alpha value is -3.04. The average Bonchev–Trinajstić information content (AvgIpc) is 2.82. The van der Waals surface area contributed by atoms with E-state index < -0.39 is 34.5 Å². The Morgan fingerprint density at radius 3 is 2.48 bits per heavy atom. The van der Waals surface area contributed by atoms with E-state index in [9.17, 15) is 22.8 Å². The number of rotatable bonds is 8. The van der Waals surface area contributed by atoms with Gasteiger partial charge in [0.05, 0.1) is 4.90 Å². The van der Waals surface area contributed by atoms with Gasteiger partial charge in [-0.2, -0.15) is 4.31 Å². The number of carbonyl (C=O) groups excluding carboxylic acids is 3. The Kier molecular flexibility index (Phi) is 7.99. The molecule has 1 aliphatic heterocycles. The summed E-state index contributed by atoms with van der Waals surface area (Å²) in [6, 6.07) is 12.0. The number of sulfonamides is 1. The third-order valence-electron chi connectivity index (χ3n) is 5.56. The standard InChI is InChI=1S/C24H28N2O6S/c1-3-18-7-6-8-20(15-18)25-23(28)16-32-24(29)22-9-4-5-14-26(22)33(30,31)21-12-10-19(11-13-21)17(2)27/h6-8,10-13,15,22H,3-5,9,14,16H2,1-2H3,(H,25,28). The number of anilines is 1.